The second-order valence-electron chi connectivity index (χ2n) is 5.46. The molecule has 0 aliphatic heterocycles. The second-order valence-corrected chi connectivity index (χ2v) is 5.46. The molecule has 1 saturated carbocycles. The topological polar surface area (TPSA) is 25.2 Å². The highest BCUT2D eigenvalue weighted by Gasteiger charge is 2.31. The summed E-state index contributed by atoms with van der Waals surface area (Å²) in [4.78, 5) is 0. The summed E-state index contributed by atoms with van der Waals surface area (Å²) in [5, 5.41) is 4.86. The summed E-state index contributed by atoms with van der Waals surface area (Å²) in [7, 11) is 0. The van der Waals surface area contributed by atoms with Crippen LogP contribution in [0.5, 0.6) is 0 Å². The van der Waals surface area contributed by atoms with Gasteiger partial charge in [0.15, 0.2) is 0 Å². The molecule has 18 heavy (non-hydrogen) atoms. The predicted octanol–water partition coefficient (Wildman–Crippen LogP) is 3.74. The third-order valence-electron chi connectivity index (χ3n) is 4.09. The smallest absolute Gasteiger partial charge is 0.134 e. The van der Waals surface area contributed by atoms with Gasteiger partial charge in [-0.3, -0.25) is 0 Å². The van der Waals surface area contributed by atoms with E-state index in [9.17, 15) is 0 Å². The lowest BCUT2D eigenvalue weighted by molar-refractivity contribution is 0.540. The molecule has 3 rings (SSSR count). The fourth-order valence-corrected chi connectivity index (χ4v) is 2.69. The third-order valence-corrected chi connectivity index (χ3v) is 4.09. The van der Waals surface area contributed by atoms with Crippen LogP contribution in [0.4, 0.5) is 0 Å². The summed E-state index contributed by atoms with van der Waals surface area (Å²) in [5.74, 6) is 2.95. The standard InChI is InChI=1S/C16H21NO/c1-3-15-14(10-17-9-12-8-11(12)2)13-6-4-5-7-16(13)18-15/h4-7,11-12,17H,3,8-10H2,1-2H3. The molecule has 2 nitrogen and oxygen atoms in total. The Balaban J connectivity index is 1.76. The van der Waals surface area contributed by atoms with E-state index in [4.69, 9.17) is 4.42 Å². The van der Waals surface area contributed by atoms with Crippen molar-refractivity contribution < 1.29 is 4.42 Å². The normalized spacial score (nSPS) is 22.6. The van der Waals surface area contributed by atoms with Crippen LogP contribution in [0.25, 0.3) is 11.0 Å². The molecule has 1 aromatic carbocycles. The minimum atomic E-state index is 0.897. The molecular weight excluding hydrogens is 222 g/mol. The number of hydrogen-bond donors (Lipinski definition) is 1. The first-order valence-corrected chi connectivity index (χ1v) is 6.99. The average Bonchev–Trinajstić information content (AvgIpc) is 2.97. The van der Waals surface area contributed by atoms with Crippen LogP contribution in [0, 0.1) is 11.8 Å². The molecule has 1 aromatic heterocycles. The highest BCUT2D eigenvalue weighted by atomic mass is 16.3. The van der Waals surface area contributed by atoms with Gasteiger partial charge in [0, 0.05) is 23.9 Å². The highest BCUT2D eigenvalue weighted by molar-refractivity contribution is 5.82. The predicted molar refractivity (Wildman–Crippen MR) is 74.6 cm³/mol. The Morgan fingerprint density at radius 2 is 2.11 bits per heavy atom. The fraction of sp³-hybridized carbons (Fsp3) is 0.500. The van der Waals surface area contributed by atoms with E-state index < -0.39 is 0 Å². The van der Waals surface area contributed by atoms with Gasteiger partial charge in [-0.05, 0) is 30.9 Å². The molecule has 2 atom stereocenters. The van der Waals surface area contributed by atoms with E-state index in [1.54, 1.807) is 0 Å². The number of aryl methyl sites for hydroxylation is 1. The van der Waals surface area contributed by atoms with Crippen LogP contribution in [0.15, 0.2) is 28.7 Å². The van der Waals surface area contributed by atoms with Crippen molar-refractivity contribution in [3.63, 3.8) is 0 Å². The lowest BCUT2D eigenvalue weighted by Crippen LogP contribution is -2.17. The molecule has 96 valence electrons. The number of furan rings is 1. The number of rotatable bonds is 5. The zero-order chi connectivity index (χ0) is 12.5. The molecule has 0 saturated heterocycles. The van der Waals surface area contributed by atoms with Crippen LogP contribution in [0.2, 0.25) is 0 Å². The largest absolute Gasteiger partial charge is 0.461 e. The highest BCUT2D eigenvalue weighted by Crippen LogP contribution is 2.37. The first-order valence-electron chi connectivity index (χ1n) is 6.99. The van der Waals surface area contributed by atoms with Crippen LogP contribution >= 0.6 is 0 Å². The van der Waals surface area contributed by atoms with Gasteiger partial charge in [0.1, 0.15) is 11.3 Å². The van der Waals surface area contributed by atoms with Crippen molar-refractivity contribution in [1.82, 2.24) is 5.32 Å². The molecule has 0 radical (unpaired) electrons. The van der Waals surface area contributed by atoms with E-state index in [0.29, 0.717) is 0 Å². The van der Waals surface area contributed by atoms with Gasteiger partial charge in [-0.1, -0.05) is 32.0 Å². The number of fused-ring (bicyclic) bond motifs is 1. The number of benzene rings is 1. The molecule has 1 fully saturated rings. The van der Waals surface area contributed by atoms with Gasteiger partial charge in [0.25, 0.3) is 0 Å². The maximum Gasteiger partial charge on any atom is 0.134 e. The van der Waals surface area contributed by atoms with Crippen LogP contribution in [0.1, 0.15) is 31.6 Å². The van der Waals surface area contributed by atoms with Gasteiger partial charge < -0.3 is 9.73 Å². The number of para-hydroxylation sites is 1. The van der Waals surface area contributed by atoms with Crippen LogP contribution < -0.4 is 5.32 Å². The fourth-order valence-electron chi connectivity index (χ4n) is 2.69. The Labute approximate surface area is 108 Å². The third kappa shape index (κ3) is 2.17. The molecule has 0 amide bonds. The van der Waals surface area contributed by atoms with E-state index in [-0.39, 0.29) is 0 Å². The number of nitrogens with one attached hydrogen (secondary N) is 1. The summed E-state index contributed by atoms with van der Waals surface area (Å²) in [6.07, 6.45) is 2.35. The Bertz CT molecular complexity index is 543. The zero-order valence-electron chi connectivity index (χ0n) is 11.2. The van der Waals surface area contributed by atoms with E-state index >= 15 is 0 Å². The summed E-state index contributed by atoms with van der Waals surface area (Å²) in [5.41, 5.74) is 2.37. The first-order chi connectivity index (χ1) is 8.79. The van der Waals surface area contributed by atoms with Gasteiger partial charge in [-0.15, -0.1) is 0 Å². The molecule has 2 aromatic rings. The van der Waals surface area contributed by atoms with Gasteiger partial charge >= 0.3 is 0 Å². The lowest BCUT2D eigenvalue weighted by Gasteiger charge is -2.04. The zero-order valence-corrected chi connectivity index (χ0v) is 11.2. The van der Waals surface area contributed by atoms with Crippen molar-refractivity contribution in [2.45, 2.75) is 33.2 Å². The molecule has 2 unspecified atom stereocenters. The van der Waals surface area contributed by atoms with E-state index in [0.717, 1.165) is 42.7 Å². The first kappa shape index (κ1) is 11.8. The van der Waals surface area contributed by atoms with Gasteiger partial charge in [-0.25, -0.2) is 0 Å². The van der Waals surface area contributed by atoms with Crippen LogP contribution in [-0.4, -0.2) is 6.54 Å². The van der Waals surface area contributed by atoms with Gasteiger partial charge in [0.05, 0.1) is 0 Å². The lowest BCUT2D eigenvalue weighted by atomic mass is 10.1. The molecule has 0 bridgehead atoms. The minimum Gasteiger partial charge on any atom is -0.461 e. The Hall–Kier alpha value is -1.28. The molecule has 0 spiro atoms. The minimum absolute atomic E-state index is 0.897. The summed E-state index contributed by atoms with van der Waals surface area (Å²) >= 11 is 0. The summed E-state index contributed by atoms with van der Waals surface area (Å²) < 4.78 is 5.90. The molecule has 2 heteroatoms. The Kier molecular flexibility index (Phi) is 3.13. The van der Waals surface area contributed by atoms with Crippen LogP contribution in [-0.2, 0) is 13.0 Å². The van der Waals surface area contributed by atoms with Crippen molar-refractivity contribution >= 4 is 11.0 Å². The van der Waals surface area contributed by atoms with Crippen molar-refractivity contribution in [3.8, 4) is 0 Å². The second kappa shape index (κ2) is 4.77. The summed E-state index contributed by atoms with van der Waals surface area (Å²) in [6.45, 7) is 6.56. The van der Waals surface area contributed by atoms with Crippen LogP contribution in [0.3, 0.4) is 0 Å². The van der Waals surface area contributed by atoms with Crippen molar-refractivity contribution in [2.75, 3.05) is 6.54 Å². The maximum atomic E-state index is 5.90. The van der Waals surface area contributed by atoms with Crippen molar-refractivity contribution in [1.29, 1.82) is 0 Å². The van der Waals surface area contributed by atoms with Crippen molar-refractivity contribution in [2.24, 2.45) is 11.8 Å². The van der Waals surface area contributed by atoms with E-state index in [1.807, 2.05) is 6.07 Å². The Morgan fingerprint density at radius 1 is 1.33 bits per heavy atom. The maximum absolute atomic E-state index is 5.90. The molecule has 1 heterocycles. The Morgan fingerprint density at radius 3 is 2.83 bits per heavy atom. The summed E-state index contributed by atoms with van der Waals surface area (Å²) in [6, 6.07) is 8.34. The van der Waals surface area contributed by atoms with Gasteiger partial charge in [-0.2, -0.15) is 0 Å². The molecular formula is C16H21NO. The quantitative estimate of drug-likeness (QED) is 0.865. The van der Waals surface area contributed by atoms with Crippen molar-refractivity contribution in [3.05, 3.63) is 35.6 Å². The SMILES string of the molecule is CCc1oc2ccccc2c1CNCC1CC1C. The molecule has 1 aliphatic rings. The van der Waals surface area contributed by atoms with Gasteiger partial charge in [0.2, 0.25) is 0 Å². The molecule has 1 aliphatic carbocycles. The number of hydrogen-bond acceptors (Lipinski definition) is 2. The monoisotopic (exact) mass is 243 g/mol. The average molecular weight is 243 g/mol. The van der Waals surface area contributed by atoms with E-state index in [2.05, 4.69) is 37.4 Å². The van der Waals surface area contributed by atoms with E-state index in [1.165, 1.54) is 17.4 Å². The molecule has 1 N–H and O–H groups in total.